The number of fused-ring (bicyclic) bond motifs is 5. The number of ketones is 1. The lowest BCUT2D eigenvalue weighted by Crippen LogP contribution is -2.82. The van der Waals surface area contributed by atoms with Gasteiger partial charge in [0.05, 0.1) is 35.6 Å². The van der Waals surface area contributed by atoms with Gasteiger partial charge in [0.15, 0.2) is 34.1 Å². The molecule has 73 heavy (non-hydrogen) atoms. The van der Waals surface area contributed by atoms with Crippen molar-refractivity contribution in [2.75, 3.05) is 6.61 Å². The van der Waals surface area contributed by atoms with Crippen LogP contribution < -0.4 is 5.32 Å². The smallest absolute Gasteiger partial charge is 0.338 e. The summed E-state index contributed by atoms with van der Waals surface area (Å²) in [6.45, 7) is 24.0. The molecular weight excluding hydrogens is 963 g/mol. The van der Waals surface area contributed by atoms with Crippen LogP contribution in [0.1, 0.15) is 121 Å². The molecular formula is C57H77NO13Si2. The summed E-state index contributed by atoms with van der Waals surface area (Å²) in [7, 11) is -5.50. The molecule has 3 aromatic rings. The molecule has 1 saturated heterocycles. The van der Waals surface area contributed by atoms with Gasteiger partial charge in [-0.25, -0.2) is 9.59 Å². The number of benzene rings is 3. The Hall–Kier alpha value is -4.82. The van der Waals surface area contributed by atoms with Crippen molar-refractivity contribution in [3.63, 3.8) is 0 Å². The Bertz CT molecular complexity index is 2550. The van der Waals surface area contributed by atoms with Gasteiger partial charge in [0.1, 0.15) is 30.0 Å². The van der Waals surface area contributed by atoms with E-state index in [1.54, 1.807) is 113 Å². The average molecular weight is 1040 g/mol. The van der Waals surface area contributed by atoms with Gasteiger partial charge in [-0.15, -0.1) is 0 Å². The van der Waals surface area contributed by atoms with E-state index < -0.39 is 128 Å². The molecule has 0 aromatic heterocycles. The average Bonchev–Trinajstić information content (AvgIpc) is 3.35. The van der Waals surface area contributed by atoms with Gasteiger partial charge in [-0.1, -0.05) is 122 Å². The van der Waals surface area contributed by atoms with Gasteiger partial charge in [0, 0.05) is 30.7 Å². The summed E-state index contributed by atoms with van der Waals surface area (Å²) in [5.74, 6) is -4.91. The third kappa shape index (κ3) is 9.86. The number of Topliss-reactive ketones (excluding diaryl/α,β-unsaturated/α-hetero) is 1. The first-order valence-corrected chi connectivity index (χ1v) is 31.3. The lowest BCUT2D eigenvalue weighted by Gasteiger charge is -2.68. The number of rotatable bonds is 16. The molecule has 7 rings (SSSR count). The molecule has 14 nitrogen and oxygen atoms in total. The first kappa shape index (κ1) is 55.9. The van der Waals surface area contributed by atoms with Crippen LogP contribution in [0.15, 0.2) is 102 Å². The van der Waals surface area contributed by atoms with Crippen molar-refractivity contribution in [2.24, 2.45) is 16.7 Å². The Morgan fingerprint density at radius 3 is 1.90 bits per heavy atom. The SMILES string of the molecule is CC[Si](CC)(CC)O[C@H]1CC2OC[C@@]2(OC(C)=O)[C@H]2[C@H](OC(=O)c3ccccc3)[C@]3(O)CC(OC(=O)[C@H](O[Si](C)(C)C(C)(C)C)[C@@H](NC(=O)c4ccccc4)c4ccccc4)C(C)=C([C@@H](O)C(=O)[C@]12C)C3(C)C. The van der Waals surface area contributed by atoms with Crippen molar-refractivity contribution in [3.8, 4) is 0 Å². The number of hydrogen-bond donors (Lipinski definition) is 3. The lowest BCUT2D eigenvalue weighted by atomic mass is 9.44. The van der Waals surface area contributed by atoms with Crippen molar-refractivity contribution >= 4 is 46.2 Å². The van der Waals surface area contributed by atoms with Gasteiger partial charge in [-0.2, -0.15) is 0 Å². The van der Waals surface area contributed by atoms with Crippen molar-refractivity contribution in [2.45, 2.75) is 179 Å². The van der Waals surface area contributed by atoms with E-state index in [1.807, 2.05) is 39.9 Å². The zero-order valence-corrected chi connectivity index (χ0v) is 46.9. The van der Waals surface area contributed by atoms with Gasteiger partial charge < -0.3 is 43.3 Å². The van der Waals surface area contributed by atoms with E-state index in [-0.39, 0.29) is 24.2 Å². The number of aliphatic hydroxyl groups is 2. The highest BCUT2D eigenvalue weighted by Gasteiger charge is 2.78. The first-order valence-electron chi connectivity index (χ1n) is 25.9. The van der Waals surface area contributed by atoms with Crippen LogP contribution in [0.5, 0.6) is 0 Å². The Morgan fingerprint density at radius 2 is 1.40 bits per heavy atom. The highest BCUT2D eigenvalue weighted by Crippen LogP contribution is 2.65. The van der Waals surface area contributed by atoms with E-state index in [0.717, 1.165) is 18.1 Å². The zero-order chi connectivity index (χ0) is 53.7. The van der Waals surface area contributed by atoms with E-state index in [9.17, 15) is 24.6 Å². The monoisotopic (exact) mass is 1040 g/mol. The van der Waals surface area contributed by atoms with Crippen molar-refractivity contribution < 1.29 is 62.0 Å². The molecule has 3 aliphatic carbocycles. The molecule has 1 heterocycles. The first-order chi connectivity index (χ1) is 34.2. The molecule has 1 amide bonds. The summed E-state index contributed by atoms with van der Waals surface area (Å²) in [6.07, 6.45) is -8.52. The summed E-state index contributed by atoms with van der Waals surface area (Å²) < 4.78 is 40.4. The van der Waals surface area contributed by atoms with Gasteiger partial charge in [-0.3, -0.25) is 14.4 Å². The molecule has 2 saturated carbocycles. The molecule has 0 spiro atoms. The molecule has 3 fully saturated rings. The fourth-order valence-corrected chi connectivity index (χ4v) is 16.2. The maximum Gasteiger partial charge on any atom is 0.338 e. The third-order valence-corrected chi connectivity index (χ3v) is 26.8. The minimum atomic E-state index is -2.90. The molecule has 3 aromatic carbocycles. The molecule has 11 atom stereocenters. The number of amides is 1. The topological polar surface area (TPSA) is 193 Å². The van der Waals surface area contributed by atoms with Crippen LogP contribution in [0.2, 0.25) is 36.3 Å². The Balaban J connectivity index is 1.44. The normalized spacial score (nSPS) is 29.7. The van der Waals surface area contributed by atoms with Crippen LogP contribution in [-0.2, 0) is 42.2 Å². The molecule has 4 aliphatic rings. The summed E-state index contributed by atoms with van der Waals surface area (Å²) in [5.41, 5.74) is -5.85. The van der Waals surface area contributed by atoms with Crippen LogP contribution in [0.3, 0.4) is 0 Å². The van der Waals surface area contributed by atoms with E-state index in [0.29, 0.717) is 16.7 Å². The number of esters is 3. The molecule has 16 heteroatoms. The summed E-state index contributed by atoms with van der Waals surface area (Å²) in [6, 6.07) is 26.9. The van der Waals surface area contributed by atoms with Crippen LogP contribution in [0.25, 0.3) is 0 Å². The fourth-order valence-electron chi connectivity index (χ4n) is 12.0. The highest BCUT2D eigenvalue weighted by atomic mass is 28.4. The van der Waals surface area contributed by atoms with E-state index in [1.165, 1.54) is 6.92 Å². The van der Waals surface area contributed by atoms with E-state index in [4.69, 9.17) is 27.8 Å². The fraction of sp³-hybridized carbons (Fsp3) is 0.561. The van der Waals surface area contributed by atoms with Gasteiger partial charge in [-0.05, 0) is 91.1 Å². The minimum Gasteiger partial charge on any atom is -0.456 e. The maximum absolute atomic E-state index is 16.1. The molecule has 3 N–H and O–H groups in total. The number of nitrogens with one attached hydrogen (secondary N) is 1. The Morgan fingerprint density at radius 1 is 0.849 bits per heavy atom. The summed E-state index contributed by atoms with van der Waals surface area (Å²) >= 11 is 0. The van der Waals surface area contributed by atoms with Gasteiger partial charge in [0.2, 0.25) is 0 Å². The summed E-state index contributed by atoms with van der Waals surface area (Å²) in [4.78, 5) is 74.0. The standard InChI is InChI=1S/C57H77NO13Si2/c1-14-73(15-2,16-3)70-41-32-42-56(34-66-42,69-36(5)59)47-49(68-51(63)39-30-24-19-25-31-39)57(65)33-40(35(4)43(54(57,9)10)45(60)48(61)55(41,47)11)67-52(64)46(71-72(12,13)53(6,7)8)44(37-26-20-17-21-27-37)58-50(62)38-28-22-18-23-29-38/h17-31,40-42,44-47,49,60,65H,14-16,32-34H2,1-13H3,(H,58,62)/t40?,41-,42?,44-,45+,46+,47-,49-,55+,56-,57+/m0/s1. The number of aliphatic hydroxyl groups excluding tert-OH is 1. The maximum atomic E-state index is 16.1. The number of carbonyl (C=O) groups is 5. The predicted molar refractivity (Wildman–Crippen MR) is 280 cm³/mol. The van der Waals surface area contributed by atoms with Crippen molar-refractivity contribution in [1.29, 1.82) is 0 Å². The Labute approximate surface area is 433 Å². The number of ether oxygens (including phenoxy) is 4. The largest absolute Gasteiger partial charge is 0.456 e. The number of carbonyl (C=O) groups excluding carboxylic acids is 5. The van der Waals surface area contributed by atoms with Gasteiger partial charge >= 0.3 is 17.9 Å². The van der Waals surface area contributed by atoms with E-state index >= 15 is 9.59 Å². The molecule has 2 bridgehead atoms. The second kappa shape index (κ2) is 20.7. The predicted octanol–water partition coefficient (Wildman–Crippen LogP) is 9.22. The molecule has 0 radical (unpaired) electrons. The number of hydrogen-bond acceptors (Lipinski definition) is 13. The molecule has 2 unspecified atom stereocenters. The van der Waals surface area contributed by atoms with Crippen LogP contribution in [0, 0.1) is 16.7 Å². The second-order valence-electron chi connectivity index (χ2n) is 23.0. The highest BCUT2D eigenvalue weighted by molar-refractivity contribution is 6.74. The third-order valence-electron chi connectivity index (χ3n) is 17.7. The summed E-state index contributed by atoms with van der Waals surface area (Å²) in [5, 5.41) is 29.9. The second-order valence-corrected chi connectivity index (χ2v) is 32.4. The molecule has 396 valence electrons. The van der Waals surface area contributed by atoms with Crippen LogP contribution in [0.4, 0.5) is 0 Å². The Kier molecular flexibility index (Phi) is 15.9. The van der Waals surface area contributed by atoms with Crippen LogP contribution >= 0.6 is 0 Å². The quantitative estimate of drug-likeness (QED) is 0.0533. The van der Waals surface area contributed by atoms with Crippen molar-refractivity contribution in [1.82, 2.24) is 5.32 Å². The van der Waals surface area contributed by atoms with E-state index in [2.05, 4.69) is 26.1 Å². The van der Waals surface area contributed by atoms with Gasteiger partial charge in [0.25, 0.3) is 5.91 Å². The molecule has 1 aliphatic heterocycles. The van der Waals surface area contributed by atoms with Crippen LogP contribution in [-0.4, -0.2) is 111 Å². The zero-order valence-electron chi connectivity index (χ0n) is 44.9. The minimum absolute atomic E-state index is 0.0839. The van der Waals surface area contributed by atoms with Crippen molar-refractivity contribution in [3.05, 3.63) is 119 Å². The lowest BCUT2D eigenvalue weighted by molar-refractivity contribution is -0.344.